The van der Waals surface area contributed by atoms with Crippen molar-refractivity contribution < 1.29 is 19.4 Å². The lowest BCUT2D eigenvalue weighted by molar-refractivity contribution is -0.149. The van der Waals surface area contributed by atoms with Gasteiger partial charge in [0.1, 0.15) is 5.41 Å². The minimum atomic E-state index is -0.996. The molecule has 2 unspecified atom stereocenters. The number of nitrogens with one attached hydrogen (secondary N) is 1. The van der Waals surface area contributed by atoms with E-state index < -0.39 is 17.4 Å². The van der Waals surface area contributed by atoms with Gasteiger partial charge in [0.15, 0.2) is 0 Å². The van der Waals surface area contributed by atoms with E-state index in [9.17, 15) is 14.7 Å². The molecule has 0 aromatic carbocycles. The first kappa shape index (κ1) is 13.3. The Morgan fingerprint density at radius 2 is 1.94 bits per heavy atom. The fraction of sp³-hybridized carbons (Fsp3) is 0.846. The van der Waals surface area contributed by atoms with E-state index in [4.69, 9.17) is 4.74 Å². The summed E-state index contributed by atoms with van der Waals surface area (Å²) >= 11 is 0. The molecule has 2 aliphatic rings. The molecule has 1 amide bonds. The number of carbonyl (C=O) groups is 2. The second-order valence-electron chi connectivity index (χ2n) is 5.63. The summed E-state index contributed by atoms with van der Waals surface area (Å²) in [5.74, 6) is -0.857. The lowest BCUT2D eigenvalue weighted by atomic mass is 9.84. The van der Waals surface area contributed by atoms with Gasteiger partial charge >= 0.3 is 5.97 Å². The van der Waals surface area contributed by atoms with Gasteiger partial charge in [0.2, 0.25) is 5.91 Å². The number of amides is 1. The molecule has 0 aromatic rings. The van der Waals surface area contributed by atoms with E-state index in [0.29, 0.717) is 6.61 Å². The maximum Gasteiger partial charge on any atom is 0.313 e. The van der Waals surface area contributed by atoms with Crippen LogP contribution in [0, 0.1) is 11.3 Å². The summed E-state index contributed by atoms with van der Waals surface area (Å²) < 4.78 is 5.23. The minimum Gasteiger partial charge on any atom is -0.481 e. The van der Waals surface area contributed by atoms with Crippen LogP contribution in [0.15, 0.2) is 0 Å². The van der Waals surface area contributed by atoms with Crippen molar-refractivity contribution in [2.45, 2.75) is 45.1 Å². The molecule has 1 saturated carbocycles. The maximum atomic E-state index is 12.1. The van der Waals surface area contributed by atoms with Crippen molar-refractivity contribution in [1.29, 1.82) is 0 Å². The van der Waals surface area contributed by atoms with Crippen LogP contribution in [0.25, 0.3) is 0 Å². The van der Waals surface area contributed by atoms with Crippen LogP contribution in [-0.2, 0) is 14.3 Å². The van der Waals surface area contributed by atoms with Crippen molar-refractivity contribution in [2.75, 3.05) is 13.2 Å². The minimum absolute atomic E-state index is 0.00215. The van der Waals surface area contributed by atoms with Gasteiger partial charge in [-0.05, 0) is 19.8 Å². The quantitative estimate of drug-likeness (QED) is 0.794. The average Bonchev–Trinajstić information content (AvgIpc) is 2.73. The molecule has 5 heteroatoms. The van der Waals surface area contributed by atoms with E-state index in [2.05, 4.69) is 5.32 Å². The van der Waals surface area contributed by atoms with Crippen LogP contribution in [0.3, 0.4) is 0 Å². The lowest BCUT2D eigenvalue weighted by Crippen LogP contribution is -2.51. The Balaban J connectivity index is 1.95. The molecule has 0 radical (unpaired) electrons. The molecular formula is C13H21NO4. The topological polar surface area (TPSA) is 75.6 Å². The van der Waals surface area contributed by atoms with Crippen molar-refractivity contribution in [3.8, 4) is 0 Å². The van der Waals surface area contributed by atoms with Crippen LogP contribution in [-0.4, -0.2) is 36.2 Å². The lowest BCUT2D eigenvalue weighted by Gasteiger charge is -2.28. The molecule has 0 bridgehead atoms. The third-order valence-electron chi connectivity index (χ3n) is 4.24. The summed E-state index contributed by atoms with van der Waals surface area (Å²) in [5.41, 5.74) is -0.996. The number of carboxylic acids is 1. The van der Waals surface area contributed by atoms with Gasteiger partial charge in [0, 0.05) is 5.92 Å². The van der Waals surface area contributed by atoms with Crippen LogP contribution in [0.5, 0.6) is 0 Å². The maximum absolute atomic E-state index is 12.1. The molecule has 102 valence electrons. The third kappa shape index (κ3) is 2.51. The summed E-state index contributed by atoms with van der Waals surface area (Å²) in [6.07, 6.45) is 5.22. The number of rotatable bonds is 3. The Kier molecular flexibility index (Phi) is 3.90. The number of hydrogen-bond acceptors (Lipinski definition) is 3. The number of carbonyl (C=O) groups excluding carboxylic acids is 1. The third-order valence-corrected chi connectivity index (χ3v) is 4.24. The summed E-state index contributed by atoms with van der Waals surface area (Å²) in [6, 6.07) is -0.413. The summed E-state index contributed by atoms with van der Waals surface area (Å²) in [5, 5.41) is 12.1. The van der Waals surface area contributed by atoms with E-state index >= 15 is 0 Å². The molecular weight excluding hydrogens is 234 g/mol. The van der Waals surface area contributed by atoms with Gasteiger partial charge in [-0.15, -0.1) is 0 Å². The van der Waals surface area contributed by atoms with Crippen molar-refractivity contribution in [2.24, 2.45) is 11.3 Å². The highest BCUT2D eigenvalue weighted by Gasteiger charge is 2.47. The molecule has 1 saturated heterocycles. The summed E-state index contributed by atoms with van der Waals surface area (Å²) in [6.45, 7) is 2.09. The van der Waals surface area contributed by atoms with Crippen LogP contribution < -0.4 is 5.32 Å². The van der Waals surface area contributed by atoms with E-state index in [1.807, 2.05) is 0 Å². The number of aliphatic carboxylic acids is 1. The van der Waals surface area contributed by atoms with E-state index in [1.54, 1.807) is 6.92 Å². The Bertz CT molecular complexity index is 338. The van der Waals surface area contributed by atoms with E-state index in [0.717, 1.165) is 25.7 Å². The molecule has 1 heterocycles. The van der Waals surface area contributed by atoms with Gasteiger partial charge in [-0.1, -0.05) is 19.3 Å². The molecule has 0 aromatic heterocycles. The van der Waals surface area contributed by atoms with Crippen molar-refractivity contribution >= 4 is 11.9 Å². The first-order valence-electron chi connectivity index (χ1n) is 6.65. The molecule has 1 aliphatic heterocycles. The molecule has 0 spiro atoms. The van der Waals surface area contributed by atoms with Crippen molar-refractivity contribution in [3.63, 3.8) is 0 Å². The van der Waals surface area contributed by atoms with Crippen molar-refractivity contribution in [3.05, 3.63) is 0 Å². The number of ether oxygens (including phenoxy) is 1. The summed E-state index contributed by atoms with van der Waals surface area (Å²) in [7, 11) is 0. The predicted molar refractivity (Wildman–Crippen MR) is 65.1 cm³/mol. The monoisotopic (exact) mass is 255 g/mol. The zero-order valence-corrected chi connectivity index (χ0v) is 10.8. The van der Waals surface area contributed by atoms with Crippen LogP contribution in [0.4, 0.5) is 0 Å². The fourth-order valence-electron chi connectivity index (χ4n) is 2.74. The predicted octanol–water partition coefficient (Wildman–Crippen LogP) is 1.17. The molecule has 2 fully saturated rings. The van der Waals surface area contributed by atoms with Crippen LogP contribution in [0.2, 0.25) is 0 Å². The van der Waals surface area contributed by atoms with Gasteiger partial charge in [-0.3, -0.25) is 9.59 Å². The highest BCUT2D eigenvalue weighted by molar-refractivity contribution is 5.81. The first-order chi connectivity index (χ1) is 8.54. The molecule has 2 rings (SSSR count). The van der Waals surface area contributed by atoms with Gasteiger partial charge in [0.05, 0.1) is 19.3 Å². The van der Waals surface area contributed by atoms with Gasteiger partial charge < -0.3 is 15.2 Å². The molecule has 1 aliphatic carbocycles. The zero-order valence-electron chi connectivity index (χ0n) is 10.8. The zero-order chi connectivity index (χ0) is 13.2. The highest BCUT2D eigenvalue weighted by Crippen LogP contribution is 2.30. The average molecular weight is 255 g/mol. The highest BCUT2D eigenvalue weighted by atomic mass is 16.5. The normalized spacial score (nSPS) is 33.3. The number of carboxylic acid groups (broad SMARTS) is 1. The largest absolute Gasteiger partial charge is 0.481 e. The summed E-state index contributed by atoms with van der Waals surface area (Å²) in [4.78, 5) is 23.4. The second-order valence-corrected chi connectivity index (χ2v) is 5.63. The Morgan fingerprint density at radius 1 is 1.28 bits per heavy atom. The molecule has 5 nitrogen and oxygen atoms in total. The smallest absolute Gasteiger partial charge is 0.313 e. The van der Waals surface area contributed by atoms with Crippen LogP contribution >= 0.6 is 0 Å². The Hall–Kier alpha value is -1.10. The standard InChI is InChI=1S/C13H21NO4/c1-13(12(16)17)8-18-7-10(13)14-11(15)9-5-3-2-4-6-9/h9-10H,2-8H2,1H3,(H,14,15)(H,16,17). The van der Waals surface area contributed by atoms with E-state index in [1.165, 1.54) is 6.42 Å². The molecule has 2 atom stereocenters. The second kappa shape index (κ2) is 5.26. The van der Waals surface area contributed by atoms with Gasteiger partial charge in [-0.25, -0.2) is 0 Å². The number of hydrogen-bond donors (Lipinski definition) is 2. The molecule has 18 heavy (non-hydrogen) atoms. The Morgan fingerprint density at radius 3 is 2.56 bits per heavy atom. The first-order valence-corrected chi connectivity index (χ1v) is 6.65. The van der Waals surface area contributed by atoms with Gasteiger partial charge in [-0.2, -0.15) is 0 Å². The van der Waals surface area contributed by atoms with Gasteiger partial charge in [0.25, 0.3) is 0 Å². The fourth-order valence-corrected chi connectivity index (χ4v) is 2.74. The molecule has 2 N–H and O–H groups in total. The SMILES string of the molecule is CC1(C(=O)O)COCC1NC(=O)C1CCCCC1. The van der Waals surface area contributed by atoms with Crippen molar-refractivity contribution in [1.82, 2.24) is 5.32 Å². The Labute approximate surface area is 107 Å². The van der Waals surface area contributed by atoms with E-state index in [-0.39, 0.29) is 18.4 Å². The van der Waals surface area contributed by atoms with Crippen LogP contribution in [0.1, 0.15) is 39.0 Å².